The third-order valence-corrected chi connectivity index (χ3v) is 2.92. The van der Waals surface area contributed by atoms with Crippen molar-refractivity contribution in [3.8, 4) is 11.3 Å². The van der Waals surface area contributed by atoms with Crippen molar-refractivity contribution in [2.75, 3.05) is 6.61 Å². The highest BCUT2D eigenvalue weighted by atomic mass is 32.1. The van der Waals surface area contributed by atoms with Gasteiger partial charge in [0.1, 0.15) is 12.2 Å². The molecule has 3 nitrogen and oxygen atoms in total. The number of thiophene rings is 1. The number of aliphatic hydroxyl groups excluding tert-OH is 1. The van der Waals surface area contributed by atoms with Crippen LogP contribution in [0.2, 0.25) is 0 Å². The van der Waals surface area contributed by atoms with E-state index in [1.54, 1.807) is 18.3 Å². The van der Waals surface area contributed by atoms with Gasteiger partial charge in [0.15, 0.2) is 0 Å². The zero-order valence-electron chi connectivity index (χ0n) is 8.30. The van der Waals surface area contributed by atoms with Crippen LogP contribution >= 0.6 is 11.3 Å². The first-order chi connectivity index (χ1) is 7.81. The van der Waals surface area contributed by atoms with Gasteiger partial charge in [-0.15, -0.1) is 11.3 Å². The molecule has 2 heterocycles. The zero-order chi connectivity index (χ0) is 11.4. The summed E-state index contributed by atoms with van der Waals surface area (Å²) in [6.45, 7) is -0.299. The van der Waals surface area contributed by atoms with Crippen LogP contribution in [0.5, 0.6) is 0 Å². The molecule has 2 aromatic heterocycles. The molecule has 5 heteroatoms. The summed E-state index contributed by atoms with van der Waals surface area (Å²) in [5.74, 6) is -0.409. The molecule has 0 aliphatic carbocycles. The third-order valence-electron chi connectivity index (χ3n) is 1.98. The summed E-state index contributed by atoms with van der Waals surface area (Å²) >= 11 is 1.28. The van der Waals surface area contributed by atoms with Gasteiger partial charge >= 0.3 is 0 Å². The molecule has 0 aliphatic heterocycles. The summed E-state index contributed by atoms with van der Waals surface area (Å²) in [7, 11) is 0. The number of halogens is 1. The second-order valence-corrected chi connectivity index (χ2v) is 3.94. The SMILES string of the molecule is OC/C=C(\F)c1cc(-c2ccncn2)cs1. The van der Waals surface area contributed by atoms with E-state index < -0.39 is 5.83 Å². The molecule has 0 aromatic carbocycles. The van der Waals surface area contributed by atoms with E-state index >= 15 is 0 Å². The molecular formula is C11H9FN2OS. The molecule has 0 fully saturated rings. The van der Waals surface area contributed by atoms with Crippen LogP contribution in [0, 0.1) is 0 Å². The number of aromatic nitrogens is 2. The van der Waals surface area contributed by atoms with E-state index in [0.29, 0.717) is 4.88 Å². The lowest BCUT2D eigenvalue weighted by Gasteiger charge is -1.93. The van der Waals surface area contributed by atoms with E-state index in [1.807, 2.05) is 5.38 Å². The second-order valence-electron chi connectivity index (χ2n) is 3.03. The molecular weight excluding hydrogens is 227 g/mol. The van der Waals surface area contributed by atoms with Crippen LogP contribution in [-0.4, -0.2) is 21.7 Å². The molecule has 16 heavy (non-hydrogen) atoms. The standard InChI is InChI=1S/C11H9FN2OS/c12-9(2-4-15)11-5-8(6-16-11)10-1-3-13-7-14-10/h1-3,5-7,15H,4H2/b9-2-. The second kappa shape index (κ2) is 4.96. The molecule has 0 bridgehead atoms. The first-order valence-electron chi connectivity index (χ1n) is 4.63. The average Bonchev–Trinajstić information content (AvgIpc) is 2.80. The number of hydrogen-bond acceptors (Lipinski definition) is 4. The number of aliphatic hydroxyl groups is 1. The topological polar surface area (TPSA) is 46.0 Å². The lowest BCUT2D eigenvalue weighted by molar-refractivity contribution is 0.342. The van der Waals surface area contributed by atoms with Crippen LogP contribution < -0.4 is 0 Å². The summed E-state index contributed by atoms with van der Waals surface area (Å²) in [6, 6.07) is 3.47. The Kier molecular flexibility index (Phi) is 3.38. The smallest absolute Gasteiger partial charge is 0.138 e. The van der Waals surface area contributed by atoms with Crippen molar-refractivity contribution in [1.29, 1.82) is 0 Å². The van der Waals surface area contributed by atoms with Gasteiger partial charge in [0, 0.05) is 17.1 Å². The van der Waals surface area contributed by atoms with Gasteiger partial charge in [0.05, 0.1) is 17.2 Å². The fourth-order valence-corrected chi connectivity index (χ4v) is 2.07. The zero-order valence-corrected chi connectivity index (χ0v) is 9.12. The minimum Gasteiger partial charge on any atom is -0.392 e. The first kappa shape index (κ1) is 10.9. The number of nitrogens with zero attached hydrogens (tertiary/aromatic N) is 2. The normalized spacial score (nSPS) is 11.8. The number of rotatable bonds is 3. The molecule has 0 saturated carbocycles. The summed E-state index contributed by atoms with van der Waals surface area (Å²) in [5, 5.41) is 10.4. The Morgan fingerprint density at radius 2 is 2.44 bits per heavy atom. The van der Waals surface area contributed by atoms with Crippen LogP contribution in [0.4, 0.5) is 4.39 Å². The van der Waals surface area contributed by atoms with Crippen molar-refractivity contribution < 1.29 is 9.50 Å². The first-order valence-corrected chi connectivity index (χ1v) is 5.51. The van der Waals surface area contributed by atoms with Crippen LogP contribution in [0.25, 0.3) is 17.1 Å². The molecule has 0 spiro atoms. The maximum atomic E-state index is 13.3. The Morgan fingerprint density at radius 3 is 3.12 bits per heavy atom. The monoisotopic (exact) mass is 236 g/mol. The molecule has 0 aliphatic rings. The van der Waals surface area contributed by atoms with Gasteiger partial charge < -0.3 is 5.11 Å². The Bertz CT molecular complexity index is 496. The van der Waals surface area contributed by atoms with Crippen molar-refractivity contribution in [1.82, 2.24) is 9.97 Å². The Morgan fingerprint density at radius 1 is 1.56 bits per heavy atom. The van der Waals surface area contributed by atoms with E-state index in [4.69, 9.17) is 5.11 Å². The summed E-state index contributed by atoms with van der Waals surface area (Å²) < 4.78 is 13.3. The molecule has 0 radical (unpaired) electrons. The lowest BCUT2D eigenvalue weighted by atomic mass is 10.2. The minimum atomic E-state index is -0.409. The average molecular weight is 236 g/mol. The summed E-state index contributed by atoms with van der Waals surface area (Å²) in [4.78, 5) is 8.38. The van der Waals surface area contributed by atoms with Crippen molar-refractivity contribution in [3.05, 3.63) is 41.0 Å². The maximum absolute atomic E-state index is 13.3. The Hall–Kier alpha value is -1.59. The highest BCUT2D eigenvalue weighted by Gasteiger charge is 2.06. The fraction of sp³-hybridized carbons (Fsp3) is 0.0909. The van der Waals surface area contributed by atoms with Gasteiger partial charge in [0.2, 0.25) is 0 Å². The van der Waals surface area contributed by atoms with Crippen LogP contribution in [-0.2, 0) is 0 Å². The Labute approximate surface area is 95.9 Å². The van der Waals surface area contributed by atoms with Gasteiger partial charge in [-0.05, 0) is 18.2 Å². The van der Waals surface area contributed by atoms with E-state index in [1.165, 1.54) is 17.7 Å². The van der Waals surface area contributed by atoms with Gasteiger partial charge in [-0.3, -0.25) is 0 Å². The van der Waals surface area contributed by atoms with E-state index in [2.05, 4.69) is 9.97 Å². The third kappa shape index (κ3) is 2.32. The van der Waals surface area contributed by atoms with Crippen LogP contribution in [0.15, 0.2) is 36.1 Å². The van der Waals surface area contributed by atoms with E-state index in [9.17, 15) is 4.39 Å². The van der Waals surface area contributed by atoms with E-state index in [-0.39, 0.29) is 6.61 Å². The van der Waals surface area contributed by atoms with Crippen LogP contribution in [0.1, 0.15) is 4.88 Å². The summed E-state index contributed by atoms with van der Waals surface area (Å²) in [6.07, 6.45) is 4.22. The highest BCUT2D eigenvalue weighted by Crippen LogP contribution is 2.29. The molecule has 82 valence electrons. The highest BCUT2D eigenvalue weighted by molar-refractivity contribution is 7.11. The minimum absolute atomic E-state index is 0.299. The summed E-state index contributed by atoms with van der Waals surface area (Å²) in [5.41, 5.74) is 1.61. The van der Waals surface area contributed by atoms with Crippen molar-refractivity contribution in [2.24, 2.45) is 0 Å². The lowest BCUT2D eigenvalue weighted by Crippen LogP contribution is -1.81. The molecule has 0 atom stereocenters. The van der Waals surface area contributed by atoms with Gasteiger partial charge in [-0.25, -0.2) is 14.4 Å². The van der Waals surface area contributed by atoms with Gasteiger partial charge in [-0.2, -0.15) is 0 Å². The molecule has 0 saturated heterocycles. The predicted octanol–water partition coefficient (Wildman–Crippen LogP) is 2.51. The predicted molar refractivity (Wildman–Crippen MR) is 61.5 cm³/mol. The maximum Gasteiger partial charge on any atom is 0.138 e. The molecule has 0 unspecified atom stereocenters. The van der Waals surface area contributed by atoms with Crippen molar-refractivity contribution in [2.45, 2.75) is 0 Å². The van der Waals surface area contributed by atoms with Crippen molar-refractivity contribution in [3.63, 3.8) is 0 Å². The van der Waals surface area contributed by atoms with E-state index in [0.717, 1.165) is 17.3 Å². The molecule has 0 amide bonds. The van der Waals surface area contributed by atoms with Gasteiger partial charge in [0.25, 0.3) is 0 Å². The number of hydrogen-bond donors (Lipinski definition) is 1. The molecule has 1 N–H and O–H groups in total. The largest absolute Gasteiger partial charge is 0.392 e. The van der Waals surface area contributed by atoms with Gasteiger partial charge in [-0.1, -0.05) is 0 Å². The fourth-order valence-electron chi connectivity index (χ4n) is 1.24. The molecule has 2 aromatic rings. The van der Waals surface area contributed by atoms with Crippen LogP contribution in [0.3, 0.4) is 0 Å². The quantitative estimate of drug-likeness (QED) is 0.890. The Balaban J connectivity index is 2.30. The van der Waals surface area contributed by atoms with Crippen molar-refractivity contribution >= 4 is 17.2 Å². The molecule has 2 rings (SSSR count).